The highest BCUT2D eigenvalue weighted by Gasteiger charge is 2.43. The Bertz CT molecular complexity index is 458. The Labute approximate surface area is 111 Å². The van der Waals surface area contributed by atoms with Gasteiger partial charge in [-0.15, -0.1) is 0 Å². The summed E-state index contributed by atoms with van der Waals surface area (Å²) in [5.41, 5.74) is -0.807. The number of ether oxygens (including phenoxy) is 1. The van der Waals surface area contributed by atoms with Gasteiger partial charge >= 0.3 is 5.97 Å². The van der Waals surface area contributed by atoms with Gasteiger partial charge in [-0.2, -0.15) is 0 Å². The van der Waals surface area contributed by atoms with Crippen molar-refractivity contribution < 1.29 is 19.7 Å². The van der Waals surface area contributed by atoms with Gasteiger partial charge in [-0.1, -0.05) is 6.07 Å². The minimum atomic E-state index is -1.07. The molecule has 19 heavy (non-hydrogen) atoms. The maximum Gasteiger partial charge on any atom is 0.354 e. The Hall–Kier alpha value is -1.66. The molecule has 1 fully saturated rings. The highest BCUT2D eigenvalue weighted by atomic mass is 16.5. The van der Waals surface area contributed by atoms with E-state index >= 15 is 0 Å². The molecule has 6 nitrogen and oxygen atoms in total. The van der Waals surface area contributed by atoms with Gasteiger partial charge in [0, 0.05) is 26.0 Å². The van der Waals surface area contributed by atoms with Crippen LogP contribution in [-0.2, 0) is 4.74 Å². The first kappa shape index (κ1) is 13.8. The number of carboxylic acids is 1. The normalized spacial score (nSPS) is 25.7. The van der Waals surface area contributed by atoms with E-state index in [0.29, 0.717) is 31.8 Å². The van der Waals surface area contributed by atoms with Gasteiger partial charge < -0.3 is 20.3 Å². The standard InChI is InChI=1S/C13H18N2O4/c1-2-19-9-6-13(18,7-9)8-14-11-5-3-4-10(15-11)12(16)17/h3-5,9,18H,2,6-8H2,1H3,(H,14,15)(H,16,17). The van der Waals surface area contributed by atoms with Crippen LogP contribution in [0.15, 0.2) is 18.2 Å². The van der Waals surface area contributed by atoms with E-state index in [-0.39, 0.29) is 11.8 Å². The first-order chi connectivity index (χ1) is 9.02. The molecule has 0 radical (unpaired) electrons. The molecule has 1 aromatic rings. The van der Waals surface area contributed by atoms with Crippen molar-refractivity contribution in [2.75, 3.05) is 18.5 Å². The summed E-state index contributed by atoms with van der Waals surface area (Å²) in [5, 5.41) is 22.0. The van der Waals surface area contributed by atoms with E-state index in [2.05, 4.69) is 10.3 Å². The zero-order valence-electron chi connectivity index (χ0n) is 10.8. The summed E-state index contributed by atoms with van der Waals surface area (Å²) < 4.78 is 5.39. The number of hydrogen-bond donors (Lipinski definition) is 3. The Morgan fingerprint density at radius 1 is 1.58 bits per heavy atom. The van der Waals surface area contributed by atoms with E-state index in [4.69, 9.17) is 9.84 Å². The van der Waals surface area contributed by atoms with Gasteiger partial charge in [0.2, 0.25) is 0 Å². The maximum absolute atomic E-state index is 10.8. The van der Waals surface area contributed by atoms with Crippen molar-refractivity contribution in [2.24, 2.45) is 0 Å². The number of nitrogens with zero attached hydrogens (tertiary/aromatic N) is 1. The molecule has 0 amide bonds. The molecular formula is C13H18N2O4. The summed E-state index contributed by atoms with van der Waals surface area (Å²) in [6, 6.07) is 4.72. The quantitative estimate of drug-likeness (QED) is 0.714. The number of aromatic carboxylic acids is 1. The largest absolute Gasteiger partial charge is 0.477 e. The first-order valence-electron chi connectivity index (χ1n) is 6.30. The number of carbonyl (C=O) groups is 1. The van der Waals surface area contributed by atoms with Gasteiger partial charge in [0.25, 0.3) is 0 Å². The lowest BCUT2D eigenvalue weighted by atomic mass is 9.77. The number of aromatic nitrogens is 1. The second kappa shape index (κ2) is 5.54. The lowest BCUT2D eigenvalue weighted by Gasteiger charge is -2.43. The van der Waals surface area contributed by atoms with Gasteiger partial charge in [-0.05, 0) is 19.1 Å². The molecule has 104 valence electrons. The molecule has 0 spiro atoms. The van der Waals surface area contributed by atoms with Gasteiger partial charge in [0.1, 0.15) is 5.82 Å². The third kappa shape index (κ3) is 3.42. The molecule has 0 saturated heterocycles. The van der Waals surface area contributed by atoms with Crippen molar-refractivity contribution in [3.05, 3.63) is 23.9 Å². The zero-order valence-corrected chi connectivity index (χ0v) is 10.8. The molecule has 0 atom stereocenters. The van der Waals surface area contributed by atoms with Gasteiger partial charge in [-0.25, -0.2) is 9.78 Å². The molecule has 0 unspecified atom stereocenters. The smallest absolute Gasteiger partial charge is 0.354 e. The summed E-state index contributed by atoms with van der Waals surface area (Å²) in [6.45, 7) is 2.92. The van der Waals surface area contributed by atoms with Crippen LogP contribution in [0.1, 0.15) is 30.3 Å². The number of nitrogens with one attached hydrogen (secondary N) is 1. The number of anilines is 1. The first-order valence-corrected chi connectivity index (χ1v) is 6.30. The molecule has 0 aromatic carbocycles. The van der Waals surface area contributed by atoms with E-state index < -0.39 is 11.6 Å². The predicted octanol–water partition coefficient (Wildman–Crippen LogP) is 1.12. The summed E-state index contributed by atoms with van der Waals surface area (Å²) >= 11 is 0. The summed E-state index contributed by atoms with van der Waals surface area (Å²) in [7, 11) is 0. The number of aliphatic hydroxyl groups is 1. The van der Waals surface area contributed by atoms with Gasteiger partial charge in [-0.3, -0.25) is 0 Å². The maximum atomic E-state index is 10.8. The predicted molar refractivity (Wildman–Crippen MR) is 69.3 cm³/mol. The fourth-order valence-corrected chi connectivity index (χ4v) is 2.19. The molecule has 1 saturated carbocycles. The average molecular weight is 266 g/mol. The lowest BCUT2D eigenvalue weighted by Crippen LogP contribution is -2.52. The number of hydrogen-bond acceptors (Lipinski definition) is 5. The van der Waals surface area contributed by atoms with E-state index in [1.54, 1.807) is 12.1 Å². The molecule has 1 aliphatic rings. The van der Waals surface area contributed by atoms with E-state index in [1.807, 2.05) is 6.92 Å². The van der Waals surface area contributed by atoms with Crippen LogP contribution in [0.4, 0.5) is 5.82 Å². The second-order valence-electron chi connectivity index (χ2n) is 4.78. The Morgan fingerprint density at radius 2 is 2.32 bits per heavy atom. The molecule has 6 heteroatoms. The van der Waals surface area contributed by atoms with Crippen LogP contribution in [0.25, 0.3) is 0 Å². The molecule has 2 rings (SSSR count). The van der Waals surface area contributed by atoms with E-state index in [9.17, 15) is 9.90 Å². The zero-order chi connectivity index (χ0) is 13.9. The van der Waals surface area contributed by atoms with Crippen LogP contribution < -0.4 is 5.32 Å². The summed E-state index contributed by atoms with van der Waals surface area (Å²) in [5.74, 6) is -0.615. The summed E-state index contributed by atoms with van der Waals surface area (Å²) in [4.78, 5) is 14.7. The van der Waals surface area contributed by atoms with Crippen LogP contribution in [0.3, 0.4) is 0 Å². The third-order valence-corrected chi connectivity index (χ3v) is 3.18. The van der Waals surface area contributed by atoms with Crippen LogP contribution in [0, 0.1) is 0 Å². The van der Waals surface area contributed by atoms with Crippen molar-refractivity contribution in [1.82, 2.24) is 4.98 Å². The topological polar surface area (TPSA) is 91.7 Å². The number of carboxylic acid groups (broad SMARTS) is 1. The van der Waals surface area contributed by atoms with Crippen LogP contribution in [0.2, 0.25) is 0 Å². The highest BCUT2D eigenvalue weighted by Crippen LogP contribution is 2.34. The van der Waals surface area contributed by atoms with Crippen molar-refractivity contribution >= 4 is 11.8 Å². The highest BCUT2D eigenvalue weighted by molar-refractivity contribution is 5.85. The van der Waals surface area contributed by atoms with Crippen LogP contribution >= 0.6 is 0 Å². The molecule has 3 N–H and O–H groups in total. The minimum Gasteiger partial charge on any atom is -0.477 e. The molecule has 0 aliphatic heterocycles. The van der Waals surface area contributed by atoms with E-state index in [1.165, 1.54) is 6.07 Å². The monoisotopic (exact) mass is 266 g/mol. The van der Waals surface area contributed by atoms with Gasteiger partial charge in [0.05, 0.1) is 11.7 Å². The molecular weight excluding hydrogens is 248 g/mol. The number of pyridine rings is 1. The summed E-state index contributed by atoms with van der Waals surface area (Å²) in [6.07, 6.45) is 1.30. The second-order valence-corrected chi connectivity index (χ2v) is 4.78. The fourth-order valence-electron chi connectivity index (χ4n) is 2.19. The fraction of sp³-hybridized carbons (Fsp3) is 0.538. The van der Waals surface area contributed by atoms with Gasteiger partial charge in [0.15, 0.2) is 5.69 Å². The minimum absolute atomic E-state index is 0.0159. The Balaban J connectivity index is 1.86. The van der Waals surface area contributed by atoms with Crippen molar-refractivity contribution in [1.29, 1.82) is 0 Å². The van der Waals surface area contributed by atoms with Crippen molar-refractivity contribution in [2.45, 2.75) is 31.5 Å². The molecule has 1 aromatic heterocycles. The lowest BCUT2D eigenvalue weighted by molar-refractivity contribution is -0.129. The third-order valence-electron chi connectivity index (χ3n) is 3.18. The SMILES string of the molecule is CCOC1CC(O)(CNc2cccc(C(=O)O)n2)C1. The molecule has 0 bridgehead atoms. The average Bonchev–Trinajstić information content (AvgIpc) is 2.35. The Morgan fingerprint density at radius 3 is 2.95 bits per heavy atom. The molecule has 1 aliphatic carbocycles. The Kier molecular flexibility index (Phi) is 4.01. The van der Waals surface area contributed by atoms with Crippen LogP contribution in [-0.4, -0.2) is 46.0 Å². The molecule has 1 heterocycles. The van der Waals surface area contributed by atoms with E-state index in [0.717, 1.165) is 0 Å². The van der Waals surface area contributed by atoms with Crippen LogP contribution in [0.5, 0.6) is 0 Å². The van der Waals surface area contributed by atoms with Crippen molar-refractivity contribution in [3.63, 3.8) is 0 Å². The number of rotatable bonds is 6. The van der Waals surface area contributed by atoms with Crippen molar-refractivity contribution in [3.8, 4) is 0 Å².